The maximum atomic E-state index is 12.4. The lowest BCUT2D eigenvalue weighted by Gasteiger charge is -2.01. The summed E-state index contributed by atoms with van der Waals surface area (Å²) in [5, 5.41) is 11.7. The molecular formula is C17H20FN3O2. The highest BCUT2D eigenvalue weighted by Crippen LogP contribution is 2.22. The summed E-state index contributed by atoms with van der Waals surface area (Å²) in [7, 11) is 1.62. The monoisotopic (exact) mass is 317 g/mol. The highest BCUT2D eigenvalue weighted by Gasteiger charge is 1.98. The second-order valence-electron chi connectivity index (χ2n) is 4.17. The molecule has 3 N–H and O–H groups in total. The van der Waals surface area contributed by atoms with E-state index in [4.69, 9.17) is 5.11 Å². The Bertz CT molecular complexity index is 723. The number of aldehydes is 1. The first kappa shape index (κ1) is 18.2. The summed E-state index contributed by atoms with van der Waals surface area (Å²) in [6.07, 6.45) is 0.708. The van der Waals surface area contributed by atoms with Crippen LogP contribution in [0, 0.1) is 5.82 Å². The van der Waals surface area contributed by atoms with E-state index < -0.39 is 0 Å². The van der Waals surface area contributed by atoms with Crippen molar-refractivity contribution in [2.45, 2.75) is 13.8 Å². The number of hydrogen-bond donors (Lipinski definition) is 3. The van der Waals surface area contributed by atoms with Crippen LogP contribution in [0.4, 0.5) is 10.1 Å². The third-order valence-electron chi connectivity index (χ3n) is 2.75. The number of hydrogen-bond acceptors (Lipinski definition) is 4. The van der Waals surface area contributed by atoms with E-state index in [1.165, 1.54) is 18.2 Å². The molecule has 5 nitrogen and oxygen atoms in total. The third-order valence-corrected chi connectivity index (χ3v) is 2.75. The van der Waals surface area contributed by atoms with Gasteiger partial charge < -0.3 is 15.4 Å². The van der Waals surface area contributed by atoms with Crippen molar-refractivity contribution in [1.29, 1.82) is 0 Å². The molecule has 0 bridgehead atoms. The van der Waals surface area contributed by atoms with Crippen LogP contribution in [0.5, 0.6) is 5.75 Å². The number of carbonyl (C=O) groups is 1. The number of imidazole rings is 1. The van der Waals surface area contributed by atoms with E-state index in [2.05, 4.69) is 15.3 Å². The van der Waals surface area contributed by atoms with E-state index in [0.717, 1.165) is 11.0 Å². The van der Waals surface area contributed by atoms with Gasteiger partial charge in [0, 0.05) is 13.1 Å². The number of H-pyrrole nitrogens is 1. The zero-order valence-corrected chi connectivity index (χ0v) is 13.3. The normalized spacial score (nSPS) is 9.22. The third kappa shape index (κ3) is 5.10. The molecule has 23 heavy (non-hydrogen) atoms. The highest BCUT2D eigenvalue weighted by molar-refractivity contribution is 5.81. The van der Waals surface area contributed by atoms with Gasteiger partial charge in [0.05, 0.1) is 16.7 Å². The van der Waals surface area contributed by atoms with Gasteiger partial charge in [-0.15, -0.1) is 0 Å². The summed E-state index contributed by atoms with van der Waals surface area (Å²) in [5.74, 6) is 0.0808. The Morgan fingerprint density at radius 3 is 2.48 bits per heavy atom. The van der Waals surface area contributed by atoms with Crippen molar-refractivity contribution in [3.05, 3.63) is 54.1 Å². The number of rotatable bonds is 2. The number of nitrogens with zero attached hydrogens (tertiary/aromatic N) is 1. The van der Waals surface area contributed by atoms with Gasteiger partial charge in [0.1, 0.15) is 11.6 Å². The van der Waals surface area contributed by atoms with Gasteiger partial charge in [0.2, 0.25) is 0 Å². The van der Waals surface area contributed by atoms with Gasteiger partial charge in [-0.1, -0.05) is 26.0 Å². The molecule has 3 aromatic rings. The largest absolute Gasteiger partial charge is 0.506 e. The number of anilines is 1. The smallest absolute Gasteiger partial charge is 0.185 e. The van der Waals surface area contributed by atoms with E-state index >= 15 is 0 Å². The summed E-state index contributed by atoms with van der Waals surface area (Å²) in [4.78, 5) is 17.2. The first-order valence-electron chi connectivity index (χ1n) is 7.20. The summed E-state index contributed by atoms with van der Waals surface area (Å²) in [6, 6.07) is 11.3. The van der Waals surface area contributed by atoms with Crippen molar-refractivity contribution < 1.29 is 14.3 Å². The van der Waals surface area contributed by atoms with Crippen LogP contribution in [0.2, 0.25) is 0 Å². The standard InChI is InChI=1S/C8H6N2O.C7H8FNO.C2H6/c11-5-8-9-6-3-1-2-4-7(6)10-8;1-9-6-4-5(8)2-3-7(6)10;1-2/h1-5H,(H,9,10);2-4,9-10H,1H3;1-2H3. The Morgan fingerprint density at radius 2 is 1.91 bits per heavy atom. The highest BCUT2D eigenvalue weighted by atomic mass is 19.1. The lowest BCUT2D eigenvalue weighted by molar-refractivity contribution is 0.111. The Labute approximate surface area is 134 Å². The van der Waals surface area contributed by atoms with Crippen molar-refractivity contribution >= 4 is 23.0 Å². The van der Waals surface area contributed by atoms with E-state index in [9.17, 15) is 9.18 Å². The first-order chi connectivity index (χ1) is 11.1. The maximum absolute atomic E-state index is 12.4. The number of fused-ring (bicyclic) bond motifs is 1. The van der Waals surface area contributed by atoms with Gasteiger partial charge in [0.25, 0.3) is 0 Å². The van der Waals surface area contributed by atoms with Crippen molar-refractivity contribution in [3.8, 4) is 5.75 Å². The Balaban J connectivity index is 0.000000209. The van der Waals surface area contributed by atoms with Crippen LogP contribution in [-0.2, 0) is 0 Å². The molecule has 0 spiro atoms. The summed E-state index contributed by atoms with van der Waals surface area (Å²) in [6.45, 7) is 4.00. The molecule has 6 heteroatoms. The lowest BCUT2D eigenvalue weighted by atomic mass is 10.3. The summed E-state index contributed by atoms with van der Waals surface area (Å²) >= 11 is 0. The number of aromatic hydroxyl groups is 1. The second-order valence-corrected chi connectivity index (χ2v) is 4.17. The SMILES string of the molecule is CC.CNc1cc(F)ccc1O.O=Cc1nc2ccccc2[nH]1. The van der Waals surface area contributed by atoms with E-state index in [0.29, 0.717) is 17.8 Å². The van der Waals surface area contributed by atoms with Gasteiger partial charge in [0.15, 0.2) is 12.1 Å². The van der Waals surface area contributed by atoms with Gasteiger partial charge >= 0.3 is 0 Å². The fourth-order valence-electron chi connectivity index (χ4n) is 1.74. The molecule has 0 aliphatic heterocycles. The fourth-order valence-corrected chi connectivity index (χ4v) is 1.74. The van der Waals surface area contributed by atoms with Crippen LogP contribution < -0.4 is 5.32 Å². The lowest BCUT2D eigenvalue weighted by Crippen LogP contribution is -1.88. The Hall–Kier alpha value is -2.89. The van der Waals surface area contributed by atoms with Crippen LogP contribution in [-0.4, -0.2) is 28.4 Å². The van der Waals surface area contributed by atoms with Gasteiger partial charge in [-0.25, -0.2) is 9.37 Å². The molecule has 0 amide bonds. The Kier molecular flexibility index (Phi) is 7.26. The molecule has 0 aliphatic carbocycles. The van der Waals surface area contributed by atoms with E-state index in [-0.39, 0.29) is 11.6 Å². The zero-order valence-electron chi connectivity index (χ0n) is 13.3. The minimum absolute atomic E-state index is 0.0592. The van der Waals surface area contributed by atoms with Crippen LogP contribution in [0.3, 0.4) is 0 Å². The number of phenolic OH excluding ortho intramolecular Hbond substituents is 1. The molecule has 0 saturated heterocycles. The predicted molar refractivity (Wildman–Crippen MR) is 90.4 cm³/mol. The van der Waals surface area contributed by atoms with Crippen molar-refractivity contribution in [2.75, 3.05) is 12.4 Å². The van der Waals surface area contributed by atoms with Crippen molar-refractivity contribution in [1.82, 2.24) is 9.97 Å². The predicted octanol–water partition coefficient (Wildman–Crippen LogP) is 3.97. The van der Waals surface area contributed by atoms with Crippen molar-refractivity contribution in [3.63, 3.8) is 0 Å². The van der Waals surface area contributed by atoms with Gasteiger partial charge in [-0.3, -0.25) is 4.79 Å². The van der Waals surface area contributed by atoms with E-state index in [1.54, 1.807) is 7.05 Å². The molecule has 3 rings (SSSR count). The molecular weight excluding hydrogens is 297 g/mol. The molecule has 1 heterocycles. The number of halogens is 1. The topological polar surface area (TPSA) is 78.0 Å². The summed E-state index contributed by atoms with van der Waals surface area (Å²) < 4.78 is 12.4. The molecule has 0 unspecified atom stereocenters. The number of carbonyl (C=O) groups excluding carboxylic acids is 1. The molecule has 0 fully saturated rings. The molecule has 122 valence electrons. The Morgan fingerprint density at radius 1 is 1.22 bits per heavy atom. The molecule has 1 aromatic heterocycles. The fraction of sp³-hybridized carbons (Fsp3) is 0.176. The maximum Gasteiger partial charge on any atom is 0.185 e. The van der Waals surface area contributed by atoms with E-state index in [1.807, 2.05) is 38.1 Å². The van der Waals surface area contributed by atoms with Gasteiger partial charge in [-0.05, 0) is 24.3 Å². The molecule has 0 radical (unpaired) electrons. The number of para-hydroxylation sites is 2. The average Bonchev–Trinajstić information content (AvgIpc) is 3.02. The van der Waals surface area contributed by atoms with Crippen LogP contribution in [0.25, 0.3) is 11.0 Å². The number of phenols is 1. The minimum Gasteiger partial charge on any atom is -0.506 e. The quantitative estimate of drug-likeness (QED) is 0.493. The first-order valence-corrected chi connectivity index (χ1v) is 7.20. The van der Waals surface area contributed by atoms with Crippen molar-refractivity contribution in [2.24, 2.45) is 0 Å². The number of nitrogens with one attached hydrogen (secondary N) is 2. The summed E-state index contributed by atoms with van der Waals surface area (Å²) in [5.41, 5.74) is 2.13. The minimum atomic E-state index is -0.359. The molecule has 2 aromatic carbocycles. The number of aromatic nitrogens is 2. The number of benzene rings is 2. The van der Waals surface area contributed by atoms with Gasteiger partial charge in [-0.2, -0.15) is 0 Å². The molecule has 0 aliphatic rings. The van der Waals surface area contributed by atoms with Crippen LogP contribution in [0.1, 0.15) is 24.5 Å². The molecule has 0 saturated carbocycles. The average molecular weight is 317 g/mol. The van der Waals surface area contributed by atoms with Crippen LogP contribution in [0.15, 0.2) is 42.5 Å². The molecule has 0 atom stereocenters. The zero-order chi connectivity index (χ0) is 17.2. The van der Waals surface area contributed by atoms with Crippen LogP contribution >= 0.6 is 0 Å². The number of aromatic amines is 1. The second kappa shape index (κ2) is 9.19.